The van der Waals surface area contributed by atoms with Gasteiger partial charge in [-0.05, 0) is 11.6 Å². The smallest absolute Gasteiger partial charge is 0.284 e. The monoisotopic (exact) mass is 342 g/mol. The van der Waals surface area contributed by atoms with Gasteiger partial charge in [-0.1, -0.05) is 30.3 Å². The lowest BCUT2D eigenvalue weighted by atomic mass is 10.2. The average molecular weight is 342 g/mol. The van der Waals surface area contributed by atoms with Crippen LogP contribution in [-0.2, 0) is 0 Å². The van der Waals surface area contributed by atoms with Gasteiger partial charge in [0, 0.05) is 18.0 Å². The maximum Gasteiger partial charge on any atom is 0.284 e. The van der Waals surface area contributed by atoms with Crippen LogP contribution in [0.25, 0.3) is 10.4 Å². The molecule has 1 amide bonds. The highest BCUT2D eigenvalue weighted by molar-refractivity contribution is 7.17. The second-order valence-electron chi connectivity index (χ2n) is 4.86. The van der Waals surface area contributed by atoms with E-state index in [0.29, 0.717) is 6.29 Å². The first kappa shape index (κ1) is 15.8. The molecule has 0 radical (unpaired) electrons. The first-order valence-corrected chi connectivity index (χ1v) is 7.70. The molecule has 0 aliphatic rings. The fourth-order valence-corrected chi connectivity index (χ4v) is 2.90. The Balaban J connectivity index is 1.82. The molecular weight excluding hydrogens is 331 g/mol. The molecule has 2 aromatic carbocycles. The molecule has 1 heterocycles. The SMILES string of the molecule is O=Cc1cc(NC(=O)c2ncc(-c3ccccc3)s2)cc(F)c1O. The highest BCUT2D eigenvalue weighted by atomic mass is 32.1. The number of phenolic OH excluding ortho intramolecular Hbond substituents is 1. The van der Waals surface area contributed by atoms with Crippen molar-refractivity contribution in [2.24, 2.45) is 0 Å². The number of aromatic hydroxyl groups is 1. The Morgan fingerprint density at radius 1 is 1.25 bits per heavy atom. The van der Waals surface area contributed by atoms with Crippen molar-refractivity contribution >= 4 is 29.2 Å². The number of amides is 1. The van der Waals surface area contributed by atoms with Gasteiger partial charge in [-0.25, -0.2) is 9.37 Å². The Kier molecular flexibility index (Phi) is 4.35. The lowest BCUT2D eigenvalue weighted by molar-refractivity contribution is 0.102. The molecule has 5 nitrogen and oxygen atoms in total. The van der Waals surface area contributed by atoms with Crippen LogP contribution < -0.4 is 5.32 Å². The number of phenols is 1. The zero-order valence-electron chi connectivity index (χ0n) is 12.2. The predicted octanol–water partition coefficient (Wildman–Crippen LogP) is 3.72. The second-order valence-corrected chi connectivity index (χ2v) is 5.89. The van der Waals surface area contributed by atoms with Crippen molar-refractivity contribution in [2.45, 2.75) is 0 Å². The van der Waals surface area contributed by atoms with Gasteiger partial charge in [-0.3, -0.25) is 9.59 Å². The second kappa shape index (κ2) is 6.59. The van der Waals surface area contributed by atoms with Gasteiger partial charge in [-0.15, -0.1) is 11.3 Å². The zero-order chi connectivity index (χ0) is 17.1. The number of anilines is 1. The van der Waals surface area contributed by atoms with Crippen molar-refractivity contribution in [3.8, 4) is 16.2 Å². The molecule has 0 saturated carbocycles. The van der Waals surface area contributed by atoms with Gasteiger partial charge >= 0.3 is 0 Å². The summed E-state index contributed by atoms with van der Waals surface area (Å²) >= 11 is 1.19. The summed E-state index contributed by atoms with van der Waals surface area (Å²) in [6.45, 7) is 0. The number of carbonyl (C=O) groups is 2. The number of hydrogen-bond donors (Lipinski definition) is 2. The number of rotatable bonds is 4. The third-order valence-electron chi connectivity index (χ3n) is 3.24. The van der Waals surface area contributed by atoms with Gasteiger partial charge in [0.15, 0.2) is 22.9 Å². The highest BCUT2D eigenvalue weighted by Gasteiger charge is 2.15. The maximum absolute atomic E-state index is 13.5. The van der Waals surface area contributed by atoms with Crippen LogP contribution in [0.1, 0.15) is 20.2 Å². The Bertz CT molecular complexity index is 909. The quantitative estimate of drug-likeness (QED) is 0.559. The topological polar surface area (TPSA) is 79.3 Å². The van der Waals surface area contributed by atoms with Crippen LogP contribution in [0, 0.1) is 5.82 Å². The Morgan fingerprint density at radius 3 is 2.71 bits per heavy atom. The number of nitrogens with one attached hydrogen (secondary N) is 1. The summed E-state index contributed by atoms with van der Waals surface area (Å²) < 4.78 is 13.5. The number of aldehydes is 1. The molecule has 0 saturated heterocycles. The van der Waals surface area contributed by atoms with Crippen LogP contribution in [-0.4, -0.2) is 22.3 Å². The highest BCUT2D eigenvalue weighted by Crippen LogP contribution is 2.28. The molecule has 2 N–H and O–H groups in total. The Labute approximate surface area is 140 Å². The minimum absolute atomic E-state index is 0.0638. The number of benzene rings is 2. The molecule has 0 bridgehead atoms. The molecule has 3 rings (SSSR count). The van der Waals surface area contributed by atoms with E-state index in [4.69, 9.17) is 0 Å². The van der Waals surface area contributed by atoms with Crippen molar-refractivity contribution in [3.63, 3.8) is 0 Å². The van der Waals surface area contributed by atoms with Crippen molar-refractivity contribution in [1.82, 2.24) is 4.98 Å². The van der Waals surface area contributed by atoms with Crippen LogP contribution in [0.15, 0.2) is 48.7 Å². The molecule has 0 aliphatic carbocycles. The van der Waals surface area contributed by atoms with Gasteiger partial charge < -0.3 is 10.4 Å². The molecular formula is C17H11FN2O3S. The molecule has 3 aromatic rings. The van der Waals surface area contributed by atoms with E-state index in [2.05, 4.69) is 10.3 Å². The first-order valence-electron chi connectivity index (χ1n) is 6.89. The van der Waals surface area contributed by atoms with E-state index in [1.54, 1.807) is 6.20 Å². The van der Waals surface area contributed by atoms with Gasteiger partial charge in [0.05, 0.1) is 10.4 Å². The van der Waals surface area contributed by atoms with Gasteiger partial charge in [0.2, 0.25) is 0 Å². The molecule has 24 heavy (non-hydrogen) atoms. The number of hydrogen-bond acceptors (Lipinski definition) is 5. The largest absolute Gasteiger partial charge is 0.504 e. The number of thiazole rings is 1. The number of aromatic nitrogens is 1. The Hall–Kier alpha value is -3.06. The van der Waals surface area contributed by atoms with Gasteiger partial charge in [-0.2, -0.15) is 0 Å². The van der Waals surface area contributed by atoms with E-state index in [9.17, 15) is 19.1 Å². The third kappa shape index (κ3) is 3.16. The fraction of sp³-hybridized carbons (Fsp3) is 0. The van der Waals surface area contributed by atoms with Crippen molar-refractivity contribution in [1.29, 1.82) is 0 Å². The van der Waals surface area contributed by atoms with Crippen LogP contribution >= 0.6 is 11.3 Å². The normalized spacial score (nSPS) is 10.4. The van der Waals surface area contributed by atoms with Crippen LogP contribution in [0.3, 0.4) is 0 Å². The van der Waals surface area contributed by atoms with E-state index < -0.39 is 17.5 Å². The molecule has 7 heteroatoms. The van der Waals surface area contributed by atoms with Crippen LogP contribution in [0.2, 0.25) is 0 Å². The summed E-state index contributed by atoms with van der Waals surface area (Å²) in [5.74, 6) is -2.26. The van der Waals surface area contributed by atoms with Crippen molar-refractivity contribution in [2.75, 3.05) is 5.32 Å². The maximum atomic E-state index is 13.5. The third-order valence-corrected chi connectivity index (χ3v) is 4.28. The molecule has 120 valence electrons. The summed E-state index contributed by atoms with van der Waals surface area (Å²) in [4.78, 5) is 27.9. The molecule has 1 aromatic heterocycles. The molecule has 0 unspecified atom stereocenters. The van der Waals surface area contributed by atoms with E-state index in [1.165, 1.54) is 17.4 Å². The summed E-state index contributed by atoms with van der Waals surface area (Å²) in [6.07, 6.45) is 1.90. The van der Waals surface area contributed by atoms with Crippen LogP contribution in [0.4, 0.5) is 10.1 Å². The number of carbonyl (C=O) groups excluding carboxylic acids is 2. The predicted molar refractivity (Wildman–Crippen MR) is 89.0 cm³/mol. The summed E-state index contributed by atoms with van der Waals surface area (Å²) in [5.41, 5.74) is 0.760. The fourth-order valence-electron chi connectivity index (χ4n) is 2.08. The van der Waals surface area contributed by atoms with Crippen molar-refractivity contribution < 1.29 is 19.1 Å². The lowest BCUT2D eigenvalue weighted by Crippen LogP contribution is -2.11. The number of halogens is 1. The minimum atomic E-state index is -0.987. The molecule has 0 spiro atoms. The van der Waals surface area contributed by atoms with E-state index in [0.717, 1.165) is 16.5 Å². The van der Waals surface area contributed by atoms with Gasteiger partial charge in [0.1, 0.15) is 0 Å². The summed E-state index contributed by atoms with van der Waals surface area (Å²) in [6, 6.07) is 11.6. The summed E-state index contributed by atoms with van der Waals surface area (Å²) in [5, 5.41) is 12.0. The average Bonchev–Trinajstić information content (AvgIpc) is 3.09. The standard InChI is InChI=1S/C17H11FN2O3S/c18-13-7-12(6-11(9-21)15(13)22)20-16(23)17-19-8-14(24-17)10-4-2-1-3-5-10/h1-9,22H,(H,20,23). The van der Waals surface area contributed by atoms with E-state index in [1.807, 2.05) is 30.3 Å². The van der Waals surface area contributed by atoms with E-state index >= 15 is 0 Å². The summed E-state index contributed by atoms with van der Waals surface area (Å²) in [7, 11) is 0. The molecule has 0 aliphatic heterocycles. The Morgan fingerprint density at radius 2 is 2.00 bits per heavy atom. The van der Waals surface area contributed by atoms with Crippen LogP contribution in [0.5, 0.6) is 5.75 Å². The van der Waals surface area contributed by atoms with Crippen molar-refractivity contribution in [3.05, 3.63) is 65.0 Å². The van der Waals surface area contributed by atoms with Gasteiger partial charge in [0.25, 0.3) is 5.91 Å². The first-order chi connectivity index (χ1) is 11.6. The minimum Gasteiger partial charge on any atom is -0.504 e. The molecule has 0 fully saturated rings. The zero-order valence-corrected chi connectivity index (χ0v) is 13.0. The lowest BCUT2D eigenvalue weighted by Gasteiger charge is -2.06. The number of nitrogens with zero attached hydrogens (tertiary/aromatic N) is 1. The van der Waals surface area contributed by atoms with E-state index in [-0.39, 0.29) is 16.3 Å². The molecule has 0 atom stereocenters.